The lowest BCUT2D eigenvalue weighted by Crippen LogP contribution is -2.52. The Morgan fingerprint density at radius 3 is 2.39 bits per heavy atom. The van der Waals surface area contributed by atoms with Crippen molar-refractivity contribution in [3.8, 4) is 5.69 Å². The number of nitrogens with zero attached hydrogens (tertiary/aromatic N) is 4. The Morgan fingerprint density at radius 2 is 1.77 bits per heavy atom. The third-order valence-corrected chi connectivity index (χ3v) is 8.01. The lowest BCUT2D eigenvalue weighted by atomic mass is 10.2. The highest BCUT2D eigenvalue weighted by Crippen LogP contribution is 2.22. The molecular formula is C19H20Cl2N4O5S. The van der Waals surface area contributed by atoms with Crippen LogP contribution in [0.3, 0.4) is 0 Å². The third kappa shape index (κ3) is 4.35. The van der Waals surface area contributed by atoms with Crippen molar-refractivity contribution in [2.45, 2.75) is 23.8 Å². The van der Waals surface area contributed by atoms with E-state index in [2.05, 4.69) is 5.10 Å². The molecule has 9 nitrogen and oxygen atoms in total. The lowest BCUT2D eigenvalue weighted by Gasteiger charge is -2.35. The zero-order chi connectivity index (χ0) is 22.2. The summed E-state index contributed by atoms with van der Waals surface area (Å²) < 4.78 is 33.8. The number of aromatic nitrogens is 2. The maximum atomic E-state index is 13.0. The van der Waals surface area contributed by atoms with Gasteiger partial charge < -0.3 is 9.64 Å². The van der Waals surface area contributed by atoms with Gasteiger partial charge in [0.25, 0.3) is 11.5 Å². The van der Waals surface area contributed by atoms with Gasteiger partial charge in [-0.05, 0) is 37.1 Å². The fourth-order valence-corrected chi connectivity index (χ4v) is 5.31. The number of halogens is 2. The van der Waals surface area contributed by atoms with E-state index in [1.807, 2.05) is 0 Å². The summed E-state index contributed by atoms with van der Waals surface area (Å²) in [4.78, 5) is 26.4. The zero-order valence-corrected chi connectivity index (χ0v) is 18.7. The standard InChI is InChI=1S/C19H20Cl2N4O5S/c20-15-12-22-25(19(27)17(15)21)13-3-5-14(6-4-13)31(28,29)24-9-7-23(8-10-24)18(26)16-2-1-11-30-16/h3-6,12,16H,1-2,7-11H2. The average Bonchev–Trinajstić information content (AvgIpc) is 3.32. The molecule has 2 saturated heterocycles. The largest absolute Gasteiger partial charge is 0.368 e. The van der Waals surface area contributed by atoms with Gasteiger partial charge in [-0.3, -0.25) is 9.59 Å². The first kappa shape index (κ1) is 22.2. The Hall–Kier alpha value is -1.98. The fraction of sp³-hybridized carbons (Fsp3) is 0.421. The van der Waals surface area contributed by atoms with Crippen molar-refractivity contribution < 1.29 is 17.9 Å². The Bertz CT molecular complexity index is 1140. The summed E-state index contributed by atoms with van der Waals surface area (Å²) in [6.07, 6.45) is 2.41. The first-order chi connectivity index (χ1) is 14.8. The molecule has 0 radical (unpaired) electrons. The van der Waals surface area contributed by atoms with Gasteiger partial charge in [-0.2, -0.15) is 14.1 Å². The van der Waals surface area contributed by atoms with Crippen molar-refractivity contribution >= 4 is 39.1 Å². The third-order valence-electron chi connectivity index (χ3n) is 5.35. The normalized spacial score (nSPS) is 20.2. The maximum absolute atomic E-state index is 13.0. The molecule has 4 rings (SSSR count). The number of benzene rings is 1. The Labute approximate surface area is 189 Å². The maximum Gasteiger partial charge on any atom is 0.291 e. The lowest BCUT2D eigenvalue weighted by molar-refractivity contribution is -0.142. The number of piperazine rings is 1. The van der Waals surface area contributed by atoms with Crippen LogP contribution >= 0.6 is 23.2 Å². The van der Waals surface area contributed by atoms with E-state index in [4.69, 9.17) is 27.9 Å². The summed E-state index contributed by atoms with van der Waals surface area (Å²) in [6.45, 7) is 1.63. The second-order valence-corrected chi connectivity index (χ2v) is 9.97. The number of hydrogen-bond acceptors (Lipinski definition) is 6. The number of carbonyl (C=O) groups excluding carboxylic acids is 1. The molecule has 3 heterocycles. The molecule has 0 spiro atoms. The molecule has 31 heavy (non-hydrogen) atoms. The van der Waals surface area contributed by atoms with E-state index in [-0.39, 0.29) is 33.9 Å². The Balaban J connectivity index is 1.46. The van der Waals surface area contributed by atoms with Crippen LogP contribution in [0.1, 0.15) is 12.8 Å². The molecule has 1 aromatic carbocycles. The molecule has 2 aliphatic rings. The molecule has 1 amide bonds. The van der Waals surface area contributed by atoms with Crippen LogP contribution < -0.4 is 5.56 Å². The molecule has 1 unspecified atom stereocenters. The molecule has 0 bridgehead atoms. The smallest absolute Gasteiger partial charge is 0.291 e. The molecule has 0 saturated carbocycles. The second-order valence-electron chi connectivity index (χ2n) is 7.25. The molecule has 1 aromatic heterocycles. The number of hydrogen-bond donors (Lipinski definition) is 0. The van der Waals surface area contributed by atoms with Crippen LogP contribution in [0.4, 0.5) is 0 Å². The highest BCUT2D eigenvalue weighted by atomic mass is 35.5. The van der Waals surface area contributed by atoms with Crippen molar-refractivity contribution in [3.63, 3.8) is 0 Å². The van der Waals surface area contributed by atoms with Gasteiger partial charge in [-0.25, -0.2) is 8.42 Å². The summed E-state index contributed by atoms with van der Waals surface area (Å²) >= 11 is 11.7. The van der Waals surface area contributed by atoms with Gasteiger partial charge in [0.15, 0.2) is 0 Å². The molecule has 2 aliphatic heterocycles. The quantitative estimate of drug-likeness (QED) is 0.649. The Morgan fingerprint density at radius 1 is 1.10 bits per heavy atom. The van der Waals surface area contributed by atoms with E-state index in [1.165, 1.54) is 34.8 Å². The van der Waals surface area contributed by atoms with Crippen LogP contribution in [0, 0.1) is 0 Å². The molecule has 2 fully saturated rings. The monoisotopic (exact) mass is 486 g/mol. The van der Waals surface area contributed by atoms with E-state index < -0.39 is 21.7 Å². The SMILES string of the molecule is O=C(C1CCCO1)N1CCN(S(=O)(=O)c2ccc(-n3ncc(Cl)c(Cl)c3=O)cc2)CC1. The zero-order valence-electron chi connectivity index (χ0n) is 16.4. The molecule has 166 valence electrons. The van der Waals surface area contributed by atoms with E-state index >= 15 is 0 Å². The second kappa shape index (κ2) is 8.87. The summed E-state index contributed by atoms with van der Waals surface area (Å²) in [5.41, 5.74) is -0.244. The highest BCUT2D eigenvalue weighted by Gasteiger charge is 2.34. The minimum atomic E-state index is -3.74. The van der Waals surface area contributed by atoms with Gasteiger partial charge >= 0.3 is 0 Å². The van der Waals surface area contributed by atoms with E-state index in [0.717, 1.165) is 11.1 Å². The molecule has 12 heteroatoms. The van der Waals surface area contributed by atoms with Crippen LogP contribution in [0.25, 0.3) is 5.69 Å². The molecular weight excluding hydrogens is 467 g/mol. The van der Waals surface area contributed by atoms with Crippen molar-refractivity contribution in [1.82, 2.24) is 19.0 Å². The molecule has 1 atom stereocenters. The fourth-order valence-electron chi connectivity index (χ4n) is 3.63. The Kier molecular flexibility index (Phi) is 6.36. The highest BCUT2D eigenvalue weighted by molar-refractivity contribution is 7.89. The first-order valence-corrected chi connectivity index (χ1v) is 11.9. The van der Waals surface area contributed by atoms with E-state index in [1.54, 1.807) is 4.90 Å². The van der Waals surface area contributed by atoms with Crippen LogP contribution in [-0.4, -0.2) is 72.2 Å². The topological polar surface area (TPSA) is 102 Å². The summed E-state index contributed by atoms with van der Waals surface area (Å²) in [6, 6.07) is 5.77. The van der Waals surface area contributed by atoms with E-state index in [9.17, 15) is 18.0 Å². The molecule has 0 N–H and O–H groups in total. The van der Waals surface area contributed by atoms with Gasteiger partial charge in [0.05, 0.1) is 21.8 Å². The summed E-state index contributed by atoms with van der Waals surface area (Å²) in [7, 11) is -3.74. The number of amides is 1. The van der Waals surface area contributed by atoms with Crippen molar-refractivity contribution in [3.05, 3.63) is 50.9 Å². The minimum Gasteiger partial charge on any atom is -0.368 e. The van der Waals surface area contributed by atoms with Crippen LogP contribution in [0.2, 0.25) is 10.0 Å². The number of rotatable bonds is 4. The number of carbonyl (C=O) groups is 1. The van der Waals surface area contributed by atoms with Gasteiger partial charge in [-0.15, -0.1) is 0 Å². The predicted molar refractivity (Wildman–Crippen MR) is 114 cm³/mol. The number of sulfonamides is 1. The van der Waals surface area contributed by atoms with Crippen LogP contribution in [-0.2, 0) is 19.6 Å². The summed E-state index contributed by atoms with van der Waals surface area (Å²) in [5, 5.41) is 3.81. The molecule has 2 aromatic rings. The summed E-state index contributed by atoms with van der Waals surface area (Å²) in [5.74, 6) is -0.0709. The van der Waals surface area contributed by atoms with Gasteiger partial charge in [0.1, 0.15) is 11.1 Å². The first-order valence-electron chi connectivity index (χ1n) is 9.73. The minimum absolute atomic E-state index is 0.0410. The van der Waals surface area contributed by atoms with Gasteiger partial charge in [0, 0.05) is 32.8 Å². The van der Waals surface area contributed by atoms with Crippen molar-refractivity contribution in [2.75, 3.05) is 32.8 Å². The van der Waals surface area contributed by atoms with Crippen LogP contribution in [0.5, 0.6) is 0 Å². The van der Waals surface area contributed by atoms with Crippen molar-refractivity contribution in [1.29, 1.82) is 0 Å². The van der Waals surface area contributed by atoms with Gasteiger partial charge in [0.2, 0.25) is 10.0 Å². The van der Waals surface area contributed by atoms with E-state index in [0.29, 0.717) is 31.8 Å². The van der Waals surface area contributed by atoms with Crippen molar-refractivity contribution in [2.24, 2.45) is 0 Å². The predicted octanol–water partition coefficient (Wildman–Crippen LogP) is 1.55. The average molecular weight is 487 g/mol. The number of ether oxygens (including phenoxy) is 1. The van der Waals surface area contributed by atoms with Gasteiger partial charge in [-0.1, -0.05) is 23.2 Å². The van der Waals surface area contributed by atoms with Crippen LogP contribution in [0.15, 0.2) is 40.2 Å². The molecule has 0 aliphatic carbocycles.